The molecule has 0 aromatic heterocycles. The highest BCUT2D eigenvalue weighted by atomic mass is 32.2. The topological polar surface area (TPSA) is 77.1 Å². The van der Waals surface area contributed by atoms with Crippen molar-refractivity contribution in [3.05, 3.63) is 60.7 Å². The summed E-state index contributed by atoms with van der Waals surface area (Å²) in [5, 5.41) is 3.67. The Labute approximate surface area is 184 Å². The van der Waals surface area contributed by atoms with E-state index >= 15 is 0 Å². The Morgan fingerprint density at radius 3 is 2.47 bits per heavy atom. The van der Waals surface area contributed by atoms with E-state index in [0.717, 1.165) is 10.6 Å². The summed E-state index contributed by atoms with van der Waals surface area (Å²) in [7, 11) is 2.95. The molecule has 1 aromatic carbocycles. The van der Waals surface area contributed by atoms with Gasteiger partial charge < -0.3 is 14.8 Å². The Kier molecular flexibility index (Phi) is 16.4. The molecule has 1 atom stereocenters. The number of thioether (sulfide) groups is 1. The van der Waals surface area contributed by atoms with Crippen LogP contribution in [0.2, 0.25) is 0 Å². The standard InChI is InChI=1S/C19H28N2O5S.C3H6/c1-5-10-25-11-12-26-14-15-8-6-7-9-16(15)19(23)20-17(27-4)13-18(22)21(2)24-3;1-3-2/h5-9,17H,1,10-14H2,2-4H3,(H,20,23);3H,1H2,2H3. The molecule has 2 amide bonds. The number of carbonyl (C=O) groups excluding carboxylic acids is 2. The monoisotopic (exact) mass is 438 g/mol. The molecular weight excluding hydrogens is 404 g/mol. The number of nitrogens with one attached hydrogen (secondary N) is 1. The van der Waals surface area contributed by atoms with E-state index < -0.39 is 0 Å². The molecule has 8 heteroatoms. The number of benzene rings is 1. The molecule has 168 valence electrons. The van der Waals surface area contributed by atoms with Gasteiger partial charge in [0, 0.05) is 12.6 Å². The maximum Gasteiger partial charge on any atom is 0.252 e. The van der Waals surface area contributed by atoms with Gasteiger partial charge in [0.25, 0.3) is 5.91 Å². The third-order valence-corrected chi connectivity index (χ3v) is 4.54. The van der Waals surface area contributed by atoms with E-state index in [1.54, 1.807) is 24.3 Å². The molecule has 0 radical (unpaired) electrons. The highest BCUT2D eigenvalue weighted by Gasteiger charge is 2.20. The van der Waals surface area contributed by atoms with Crippen LogP contribution in [0, 0.1) is 0 Å². The second-order valence-corrected chi connectivity index (χ2v) is 7.00. The smallest absolute Gasteiger partial charge is 0.252 e. The summed E-state index contributed by atoms with van der Waals surface area (Å²) >= 11 is 1.39. The van der Waals surface area contributed by atoms with Crippen LogP contribution in [-0.2, 0) is 25.7 Å². The van der Waals surface area contributed by atoms with Crippen LogP contribution in [0.3, 0.4) is 0 Å². The van der Waals surface area contributed by atoms with E-state index in [-0.39, 0.29) is 23.6 Å². The maximum absolute atomic E-state index is 12.7. The summed E-state index contributed by atoms with van der Waals surface area (Å²) in [4.78, 5) is 29.5. The fourth-order valence-corrected chi connectivity index (χ4v) is 2.67. The normalized spacial score (nSPS) is 10.9. The van der Waals surface area contributed by atoms with Gasteiger partial charge in [-0.1, -0.05) is 30.4 Å². The van der Waals surface area contributed by atoms with Gasteiger partial charge in [-0.3, -0.25) is 14.4 Å². The molecule has 0 heterocycles. The van der Waals surface area contributed by atoms with Crippen molar-refractivity contribution in [3.63, 3.8) is 0 Å². The molecule has 0 aliphatic carbocycles. The number of allylic oxidation sites excluding steroid dienone is 1. The van der Waals surface area contributed by atoms with Crippen molar-refractivity contribution < 1.29 is 23.9 Å². The molecule has 7 nitrogen and oxygen atoms in total. The van der Waals surface area contributed by atoms with E-state index in [0.29, 0.717) is 32.0 Å². The minimum absolute atomic E-state index is 0.135. The zero-order valence-electron chi connectivity index (χ0n) is 18.4. The van der Waals surface area contributed by atoms with Crippen molar-refractivity contribution in [1.29, 1.82) is 0 Å². The summed E-state index contributed by atoms with van der Waals surface area (Å²) in [5.74, 6) is -0.461. The highest BCUT2D eigenvalue weighted by molar-refractivity contribution is 7.99. The van der Waals surface area contributed by atoms with Crippen LogP contribution in [0.15, 0.2) is 49.6 Å². The molecular formula is C22H34N2O5S. The number of hydroxylamine groups is 2. The second kappa shape index (κ2) is 17.7. The summed E-state index contributed by atoms with van der Waals surface area (Å²) in [6.07, 6.45) is 5.40. The zero-order chi connectivity index (χ0) is 22.8. The number of rotatable bonds is 13. The Hall–Kier alpha value is -2.13. The van der Waals surface area contributed by atoms with Crippen LogP contribution in [0.25, 0.3) is 0 Å². The van der Waals surface area contributed by atoms with Crippen LogP contribution in [0.5, 0.6) is 0 Å². The van der Waals surface area contributed by atoms with Crippen molar-refractivity contribution in [1.82, 2.24) is 10.4 Å². The van der Waals surface area contributed by atoms with Crippen molar-refractivity contribution in [3.8, 4) is 0 Å². The van der Waals surface area contributed by atoms with E-state index in [9.17, 15) is 9.59 Å². The minimum atomic E-state index is -0.358. The van der Waals surface area contributed by atoms with Crippen LogP contribution in [0.4, 0.5) is 0 Å². The predicted molar refractivity (Wildman–Crippen MR) is 122 cm³/mol. The number of carbonyl (C=O) groups is 2. The summed E-state index contributed by atoms with van der Waals surface area (Å²) in [5.41, 5.74) is 1.30. The van der Waals surface area contributed by atoms with Crippen molar-refractivity contribution in [2.45, 2.75) is 25.3 Å². The van der Waals surface area contributed by atoms with Crippen LogP contribution in [0.1, 0.15) is 29.3 Å². The van der Waals surface area contributed by atoms with E-state index in [1.165, 1.54) is 25.9 Å². The summed E-state index contributed by atoms with van der Waals surface area (Å²) in [6, 6.07) is 7.23. The van der Waals surface area contributed by atoms with E-state index in [1.807, 2.05) is 25.3 Å². The molecule has 0 aliphatic rings. The van der Waals surface area contributed by atoms with Gasteiger partial charge in [-0.05, 0) is 24.8 Å². The molecule has 1 unspecified atom stereocenters. The molecule has 30 heavy (non-hydrogen) atoms. The van der Waals surface area contributed by atoms with Gasteiger partial charge in [-0.25, -0.2) is 5.06 Å². The SMILES string of the molecule is C=CC.C=CCOCCOCc1ccccc1C(=O)NC(CC(=O)N(C)OC)SC. The molecule has 0 bridgehead atoms. The number of ether oxygens (including phenoxy) is 2. The van der Waals surface area contributed by atoms with Crippen LogP contribution < -0.4 is 5.32 Å². The van der Waals surface area contributed by atoms with Gasteiger partial charge in [0.15, 0.2) is 0 Å². The Balaban J connectivity index is 0.00000263. The van der Waals surface area contributed by atoms with E-state index in [2.05, 4.69) is 18.5 Å². The number of amides is 2. The van der Waals surface area contributed by atoms with Gasteiger partial charge >= 0.3 is 0 Å². The van der Waals surface area contributed by atoms with Gasteiger partial charge in [0.1, 0.15) is 0 Å². The largest absolute Gasteiger partial charge is 0.375 e. The average Bonchev–Trinajstić information content (AvgIpc) is 2.75. The predicted octanol–water partition coefficient (Wildman–Crippen LogP) is 3.43. The maximum atomic E-state index is 12.7. The molecule has 1 N–H and O–H groups in total. The Morgan fingerprint density at radius 1 is 1.23 bits per heavy atom. The first-order valence-corrected chi connectivity index (χ1v) is 10.8. The van der Waals surface area contributed by atoms with Gasteiger partial charge in [-0.2, -0.15) is 0 Å². The molecule has 0 aliphatic heterocycles. The quantitative estimate of drug-likeness (QED) is 0.220. The molecule has 0 saturated carbocycles. The van der Waals surface area contributed by atoms with Crippen LogP contribution >= 0.6 is 11.8 Å². The minimum Gasteiger partial charge on any atom is -0.375 e. The molecule has 0 fully saturated rings. The van der Waals surface area contributed by atoms with Crippen molar-refractivity contribution in [2.75, 3.05) is 40.2 Å². The lowest BCUT2D eigenvalue weighted by atomic mass is 10.1. The molecule has 0 saturated heterocycles. The lowest BCUT2D eigenvalue weighted by Crippen LogP contribution is -2.38. The number of hydrogen-bond acceptors (Lipinski definition) is 6. The Morgan fingerprint density at radius 2 is 1.87 bits per heavy atom. The second-order valence-electron chi connectivity index (χ2n) is 5.96. The number of hydrogen-bond donors (Lipinski definition) is 1. The van der Waals surface area contributed by atoms with Gasteiger partial charge in [0.05, 0.1) is 45.3 Å². The average molecular weight is 439 g/mol. The van der Waals surface area contributed by atoms with Crippen LogP contribution in [-0.4, -0.2) is 62.5 Å². The summed E-state index contributed by atoms with van der Waals surface area (Å²) < 4.78 is 10.8. The summed E-state index contributed by atoms with van der Waals surface area (Å²) in [6.45, 7) is 10.5. The highest BCUT2D eigenvalue weighted by Crippen LogP contribution is 2.14. The fourth-order valence-electron chi connectivity index (χ4n) is 2.14. The molecule has 0 spiro atoms. The van der Waals surface area contributed by atoms with Crippen molar-refractivity contribution >= 4 is 23.6 Å². The molecule has 1 aromatic rings. The van der Waals surface area contributed by atoms with Gasteiger partial charge in [0.2, 0.25) is 5.91 Å². The third-order valence-electron chi connectivity index (χ3n) is 3.69. The molecule has 1 rings (SSSR count). The third kappa shape index (κ3) is 11.8. The lowest BCUT2D eigenvalue weighted by Gasteiger charge is -2.20. The fraction of sp³-hybridized carbons (Fsp3) is 0.455. The van der Waals surface area contributed by atoms with Gasteiger partial charge in [-0.15, -0.1) is 24.9 Å². The first-order valence-electron chi connectivity index (χ1n) is 9.50. The first kappa shape index (κ1) is 27.9. The van der Waals surface area contributed by atoms with E-state index in [4.69, 9.17) is 14.3 Å². The number of nitrogens with zero attached hydrogens (tertiary/aromatic N) is 1. The first-order chi connectivity index (χ1) is 14.4. The van der Waals surface area contributed by atoms with Crippen molar-refractivity contribution in [2.24, 2.45) is 0 Å². The zero-order valence-corrected chi connectivity index (χ0v) is 19.2. The Bertz CT molecular complexity index is 654. The lowest BCUT2D eigenvalue weighted by molar-refractivity contribution is -0.168.